The second-order valence-electron chi connectivity index (χ2n) is 5.94. The lowest BCUT2D eigenvalue weighted by atomic mass is 9.90. The minimum atomic E-state index is -3.06. The Morgan fingerprint density at radius 2 is 1.86 bits per heavy atom. The molecule has 0 unspecified atom stereocenters. The third kappa shape index (κ3) is 4.89. The molecule has 2 fully saturated rings. The summed E-state index contributed by atoms with van der Waals surface area (Å²) >= 11 is 0. The summed E-state index contributed by atoms with van der Waals surface area (Å²) in [5.41, 5.74) is 0. The van der Waals surface area contributed by atoms with Crippen LogP contribution in [-0.2, 0) is 19.5 Å². The van der Waals surface area contributed by atoms with Crippen molar-refractivity contribution < 1.29 is 17.9 Å². The van der Waals surface area contributed by atoms with Gasteiger partial charge in [-0.2, -0.15) is 0 Å². The van der Waals surface area contributed by atoms with Crippen LogP contribution in [0.4, 0.5) is 0 Å². The number of nitrogens with one attached hydrogen (secondary N) is 1. The van der Waals surface area contributed by atoms with Crippen LogP contribution in [0.3, 0.4) is 0 Å². The van der Waals surface area contributed by atoms with Gasteiger partial charge in [-0.25, -0.2) is 12.7 Å². The number of rotatable bonds is 7. The van der Waals surface area contributed by atoms with Crippen LogP contribution in [0.2, 0.25) is 0 Å². The average molecular weight is 320 g/mol. The van der Waals surface area contributed by atoms with Gasteiger partial charge in [0.2, 0.25) is 10.0 Å². The van der Waals surface area contributed by atoms with E-state index in [0.717, 1.165) is 51.9 Å². The summed E-state index contributed by atoms with van der Waals surface area (Å²) in [6.07, 6.45) is 6.14. The van der Waals surface area contributed by atoms with Crippen LogP contribution >= 0.6 is 0 Å². The summed E-state index contributed by atoms with van der Waals surface area (Å²) in [6, 6.07) is 0.497. The van der Waals surface area contributed by atoms with Crippen LogP contribution in [0.25, 0.3) is 0 Å². The molecule has 0 amide bonds. The molecule has 1 N–H and O–H groups in total. The van der Waals surface area contributed by atoms with Crippen molar-refractivity contribution in [3.8, 4) is 0 Å². The molecule has 1 saturated heterocycles. The molecule has 7 heteroatoms. The SMILES string of the molecule is CCN(CCCNC1CCC2(CC1)OCCO2)S(C)(=O)=O. The van der Waals surface area contributed by atoms with E-state index >= 15 is 0 Å². The lowest BCUT2D eigenvalue weighted by molar-refractivity contribution is -0.179. The molecule has 0 radical (unpaired) electrons. The molecule has 21 heavy (non-hydrogen) atoms. The summed E-state index contributed by atoms with van der Waals surface area (Å²) in [7, 11) is -3.06. The van der Waals surface area contributed by atoms with Gasteiger partial charge in [-0.3, -0.25) is 0 Å². The van der Waals surface area contributed by atoms with Gasteiger partial charge in [-0.1, -0.05) is 6.92 Å². The summed E-state index contributed by atoms with van der Waals surface area (Å²) in [4.78, 5) is 0. The minimum absolute atomic E-state index is 0.298. The Morgan fingerprint density at radius 1 is 1.24 bits per heavy atom. The van der Waals surface area contributed by atoms with E-state index in [4.69, 9.17) is 9.47 Å². The fourth-order valence-corrected chi connectivity index (χ4v) is 4.10. The van der Waals surface area contributed by atoms with Crippen molar-refractivity contribution in [3.63, 3.8) is 0 Å². The molecular formula is C14H28N2O4S. The summed E-state index contributed by atoms with van der Waals surface area (Å²) < 4.78 is 35.9. The number of hydrogen-bond acceptors (Lipinski definition) is 5. The Bertz CT molecular complexity index is 411. The number of ether oxygens (including phenoxy) is 2. The van der Waals surface area contributed by atoms with Gasteiger partial charge < -0.3 is 14.8 Å². The Labute approximate surface area is 128 Å². The van der Waals surface area contributed by atoms with Crippen molar-refractivity contribution in [2.45, 2.75) is 50.9 Å². The molecule has 0 atom stereocenters. The number of sulfonamides is 1. The Morgan fingerprint density at radius 3 is 2.38 bits per heavy atom. The maximum absolute atomic E-state index is 11.5. The van der Waals surface area contributed by atoms with E-state index in [2.05, 4.69) is 5.32 Å². The average Bonchev–Trinajstić information content (AvgIpc) is 2.88. The van der Waals surface area contributed by atoms with Gasteiger partial charge in [0.15, 0.2) is 5.79 Å². The molecular weight excluding hydrogens is 292 g/mol. The molecule has 0 bridgehead atoms. The van der Waals surface area contributed by atoms with Crippen LogP contribution in [0.15, 0.2) is 0 Å². The van der Waals surface area contributed by atoms with Crippen LogP contribution in [0.1, 0.15) is 39.0 Å². The Hall–Kier alpha value is -0.210. The smallest absolute Gasteiger partial charge is 0.211 e. The van der Waals surface area contributed by atoms with E-state index in [1.807, 2.05) is 6.92 Å². The first-order valence-corrected chi connectivity index (χ1v) is 9.76. The standard InChI is InChI=1S/C14H28N2O4S/c1-3-16(21(2,17)18)10-4-9-15-13-5-7-14(8-6-13)19-11-12-20-14/h13,15H,3-12H2,1-2H3. The van der Waals surface area contributed by atoms with Crippen LogP contribution in [0.5, 0.6) is 0 Å². The highest BCUT2D eigenvalue weighted by molar-refractivity contribution is 7.88. The highest BCUT2D eigenvalue weighted by atomic mass is 32.2. The van der Waals surface area contributed by atoms with E-state index < -0.39 is 10.0 Å². The van der Waals surface area contributed by atoms with Gasteiger partial charge >= 0.3 is 0 Å². The van der Waals surface area contributed by atoms with Gasteiger partial charge in [-0.05, 0) is 25.8 Å². The molecule has 1 saturated carbocycles. The zero-order valence-corrected chi connectivity index (χ0v) is 14.0. The molecule has 0 aromatic carbocycles. The van der Waals surface area contributed by atoms with Crippen LogP contribution in [0, 0.1) is 0 Å². The topological polar surface area (TPSA) is 67.9 Å². The molecule has 124 valence electrons. The summed E-state index contributed by atoms with van der Waals surface area (Å²) in [6.45, 7) is 5.29. The first kappa shape index (κ1) is 17.1. The third-order valence-corrected chi connectivity index (χ3v) is 5.78. The first-order valence-electron chi connectivity index (χ1n) is 7.92. The molecule has 1 aliphatic carbocycles. The van der Waals surface area contributed by atoms with Gasteiger partial charge in [-0.15, -0.1) is 0 Å². The van der Waals surface area contributed by atoms with Gasteiger partial charge in [0.1, 0.15) is 0 Å². The molecule has 6 nitrogen and oxygen atoms in total. The first-order chi connectivity index (χ1) is 9.95. The highest BCUT2D eigenvalue weighted by Gasteiger charge is 2.40. The zero-order valence-electron chi connectivity index (χ0n) is 13.1. The predicted molar refractivity (Wildman–Crippen MR) is 81.6 cm³/mol. The Kier molecular flexibility index (Phi) is 6.02. The van der Waals surface area contributed by atoms with Crippen molar-refractivity contribution >= 4 is 10.0 Å². The van der Waals surface area contributed by atoms with Crippen molar-refractivity contribution in [1.29, 1.82) is 0 Å². The van der Waals surface area contributed by atoms with Crippen molar-refractivity contribution in [1.82, 2.24) is 9.62 Å². The third-order valence-electron chi connectivity index (χ3n) is 4.40. The van der Waals surface area contributed by atoms with E-state index in [9.17, 15) is 8.42 Å². The molecule has 2 aliphatic rings. The molecule has 1 spiro atoms. The zero-order chi connectivity index (χ0) is 15.3. The normalized spacial score (nSPS) is 23.2. The van der Waals surface area contributed by atoms with Gasteiger partial charge in [0.05, 0.1) is 19.5 Å². The van der Waals surface area contributed by atoms with Crippen LogP contribution < -0.4 is 5.32 Å². The molecule has 1 heterocycles. The molecule has 1 aliphatic heterocycles. The predicted octanol–water partition coefficient (Wildman–Crippen LogP) is 0.933. The van der Waals surface area contributed by atoms with Crippen molar-refractivity contribution in [2.75, 3.05) is 39.1 Å². The van der Waals surface area contributed by atoms with E-state index in [-0.39, 0.29) is 5.79 Å². The monoisotopic (exact) mass is 320 g/mol. The van der Waals surface area contributed by atoms with E-state index in [0.29, 0.717) is 19.1 Å². The number of hydrogen-bond donors (Lipinski definition) is 1. The second-order valence-corrected chi connectivity index (χ2v) is 7.93. The fraction of sp³-hybridized carbons (Fsp3) is 1.00. The molecule has 2 rings (SSSR count). The maximum atomic E-state index is 11.5. The second kappa shape index (κ2) is 7.37. The molecule has 0 aromatic heterocycles. The molecule has 0 aromatic rings. The maximum Gasteiger partial charge on any atom is 0.211 e. The fourth-order valence-electron chi connectivity index (χ4n) is 3.17. The summed E-state index contributed by atoms with van der Waals surface area (Å²) in [5, 5.41) is 3.53. The quantitative estimate of drug-likeness (QED) is 0.707. The van der Waals surface area contributed by atoms with E-state index in [1.54, 1.807) is 0 Å². The lowest BCUT2D eigenvalue weighted by Gasteiger charge is -2.35. The number of nitrogens with zero attached hydrogens (tertiary/aromatic N) is 1. The highest BCUT2D eigenvalue weighted by Crippen LogP contribution is 2.35. The van der Waals surface area contributed by atoms with Crippen molar-refractivity contribution in [3.05, 3.63) is 0 Å². The van der Waals surface area contributed by atoms with Gasteiger partial charge in [0, 0.05) is 32.0 Å². The van der Waals surface area contributed by atoms with E-state index in [1.165, 1.54) is 10.6 Å². The van der Waals surface area contributed by atoms with Gasteiger partial charge in [0.25, 0.3) is 0 Å². The minimum Gasteiger partial charge on any atom is -0.348 e. The Balaban J connectivity index is 1.62. The lowest BCUT2D eigenvalue weighted by Crippen LogP contribution is -2.42. The van der Waals surface area contributed by atoms with Crippen molar-refractivity contribution in [2.24, 2.45) is 0 Å². The summed E-state index contributed by atoms with van der Waals surface area (Å²) in [5.74, 6) is -0.298. The largest absolute Gasteiger partial charge is 0.348 e. The van der Waals surface area contributed by atoms with Crippen LogP contribution in [-0.4, -0.2) is 63.7 Å².